The van der Waals surface area contributed by atoms with Gasteiger partial charge in [-0.05, 0) is 134 Å². The summed E-state index contributed by atoms with van der Waals surface area (Å²) in [6.45, 7) is 33.4. The van der Waals surface area contributed by atoms with Gasteiger partial charge in [0.05, 0.1) is 22.8 Å². The van der Waals surface area contributed by atoms with Crippen LogP contribution in [0.2, 0.25) is 5.82 Å². The minimum Gasteiger partial charge on any atom is -0.456 e. The summed E-state index contributed by atoms with van der Waals surface area (Å²) in [6.07, 6.45) is 10.1. The summed E-state index contributed by atoms with van der Waals surface area (Å²) in [6, 6.07) is 33.3. The van der Waals surface area contributed by atoms with Gasteiger partial charge in [-0.25, -0.2) is 0 Å². The number of hydrogen-bond donors (Lipinski definition) is 0. The van der Waals surface area contributed by atoms with E-state index in [9.17, 15) is 0 Å². The van der Waals surface area contributed by atoms with Gasteiger partial charge in [0, 0.05) is 42.9 Å². The van der Waals surface area contributed by atoms with E-state index in [-0.39, 0.29) is 45.6 Å². The lowest BCUT2D eigenvalue weighted by Crippen LogP contribution is -2.61. The van der Waals surface area contributed by atoms with E-state index in [1.165, 1.54) is 106 Å². The Bertz CT molecular complexity index is 3150. The molecule has 4 heterocycles. The Kier molecular flexibility index (Phi) is 8.82. The smallest absolute Gasteiger partial charge is 0.239 e. The molecule has 0 amide bonds. The van der Waals surface area contributed by atoms with Crippen LogP contribution in [-0.2, 0) is 21.7 Å². The normalized spacial score (nSPS) is 20.1. The van der Waals surface area contributed by atoms with E-state index in [0.717, 1.165) is 11.2 Å². The summed E-state index contributed by atoms with van der Waals surface area (Å²) in [5.41, 5.74) is 18.3. The van der Waals surface area contributed by atoms with Gasteiger partial charge >= 0.3 is 0 Å². The number of rotatable bonds is 2. The molecule has 7 aromatic rings. The molecule has 2 aromatic heterocycles. The standard InChI is InChI=1S/C59H65BN2OS/c1-34-29-46-51-47(30-34)62(45-26-24-40(57(8,9)10)53-50(45)38-17-15-16-18-48(38)63-53)44-25-21-36(56(5,6)7)31-43(44)60(51)54-52(61(46)37-22-19-35(20-23-37)55(2,3)4)39-32-41-42(33-49(39)64-54)59(13,14)28-27-58(41,11)12/h15-26,29-33,43-44H,27-28H2,1-14H3. The van der Waals surface area contributed by atoms with Crippen molar-refractivity contribution in [2.75, 3.05) is 9.80 Å². The predicted octanol–water partition coefficient (Wildman–Crippen LogP) is 15.9. The average molecular weight is 861 g/mol. The molecule has 2 unspecified atom stereocenters. The second-order valence-electron chi connectivity index (χ2n) is 24.2. The highest BCUT2D eigenvalue weighted by Crippen LogP contribution is 2.56. The lowest BCUT2D eigenvalue weighted by atomic mass is 9.31. The van der Waals surface area contributed by atoms with Crippen molar-refractivity contribution in [1.29, 1.82) is 0 Å². The van der Waals surface area contributed by atoms with E-state index in [2.05, 4.69) is 221 Å². The first-order valence-corrected chi connectivity index (χ1v) is 24.7. The molecule has 3 nitrogen and oxygen atoms in total. The third kappa shape index (κ3) is 6.11. The van der Waals surface area contributed by atoms with Crippen LogP contribution >= 0.6 is 11.3 Å². The number of anilines is 5. The van der Waals surface area contributed by atoms with Crippen LogP contribution < -0.4 is 20.0 Å². The molecule has 0 spiro atoms. The van der Waals surface area contributed by atoms with E-state index in [1.54, 1.807) is 0 Å². The molecule has 326 valence electrons. The van der Waals surface area contributed by atoms with Crippen LogP contribution in [0.5, 0.6) is 0 Å². The summed E-state index contributed by atoms with van der Waals surface area (Å²) < 4.78 is 9.82. The number of thiophene rings is 1. The van der Waals surface area contributed by atoms with Gasteiger partial charge in [-0.1, -0.05) is 145 Å². The van der Waals surface area contributed by atoms with Crippen molar-refractivity contribution in [3.63, 3.8) is 0 Å². The summed E-state index contributed by atoms with van der Waals surface area (Å²) in [4.78, 5) is 5.40. The van der Waals surface area contributed by atoms with Gasteiger partial charge < -0.3 is 14.2 Å². The zero-order valence-corrected chi connectivity index (χ0v) is 41.5. The lowest BCUT2D eigenvalue weighted by molar-refractivity contribution is 0.332. The third-order valence-electron chi connectivity index (χ3n) is 15.6. The molecule has 2 atom stereocenters. The second-order valence-corrected chi connectivity index (χ2v) is 25.2. The van der Waals surface area contributed by atoms with E-state index in [4.69, 9.17) is 4.42 Å². The SMILES string of the molecule is Cc1cc2c3c(c1)N(c1ccc(C(C)(C)C)c4oc5ccccc5c14)C1C=CC(C(C)(C)C)=CC1B3c1sc3cc4c(cc3c1N2c1ccc(C(C)(C)C)cc1)C(C)(C)CCC4(C)C. The molecule has 0 N–H and O–H groups in total. The van der Waals surface area contributed by atoms with Crippen molar-refractivity contribution >= 4 is 88.8 Å². The third-order valence-corrected chi connectivity index (χ3v) is 16.8. The molecule has 0 bridgehead atoms. The fraction of sp³-hybridized carbons (Fsp3) is 0.390. The number of benzene rings is 5. The minimum atomic E-state index is -0.0952. The fourth-order valence-electron chi connectivity index (χ4n) is 11.9. The zero-order chi connectivity index (χ0) is 45.2. The summed E-state index contributed by atoms with van der Waals surface area (Å²) in [5, 5.41) is 3.78. The highest BCUT2D eigenvalue weighted by atomic mass is 32.1. The van der Waals surface area contributed by atoms with Crippen LogP contribution in [0, 0.1) is 12.3 Å². The molecule has 0 saturated heterocycles. The van der Waals surface area contributed by atoms with Crippen molar-refractivity contribution in [2.45, 2.75) is 143 Å². The maximum Gasteiger partial charge on any atom is 0.239 e. The van der Waals surface area contributed by atoms with Gasteiger partial charge in [-0.3, -0.25) is 0 Å². The van der Waals surface area contributed by atoms with E-state index in [0.29, 0.717) is 0 Å². The Morgan fingerprint density at radius 3 is 2.05 bits per heavy atom. The van der Waals surface area contributed by atoms with Gasteiger partial charge in [0.2, 0.25) is 6.71 Å². The van der Waals surface area contributed by atoms with E-state index in [1.807, 2.05) is 0 Å². The first-order valence-electron chi connectivity index (χ1n) is 23.8. The lowest BCUT2D eigenvalue weighted by Gasteiger charge is -2.50. The van der Waals surface area contributed by atoms with Crippen LogP contribution in [0.15, 0.2) is 113 Å². The van der Waals surface area contributed by atoms with Gasteiger partial charge in [0.1, 0.15) is 11.2 Å². The van der Waals surface area contributed by atoms with E-state index >= 15 is 0 Å². The largest absolute Gasteiger partial charge is 0.456 e. The van der Waals surface area contributed by atoms with Crippen LogP contribution in [0.1, 0.15) is 131 Å². The fourth-order valence-corrected chi connectivity index (χ4v) is 13.2. The van der Waals surface area contributed by atoms with Crippen LogP contribution in [0.25, 0.3) is 32.0 Å². The average Bonchev–Trinajstić information content (AvgIpc) is 3.79. The summed E-state index contributed by atoms with van der Waals surface area (Å²) in [5.74, 6) is 0.184. The quantitative estimate of drug-likeness (QED) is 0.162. The Morgan fingerprint density at radius 1 is 0.703 bits per heavy atom. The van der Waals surface area contributed by atoms with Crippen molar-refractivity contribution < 1.29 is 4.42 Å². The van der Waals surface area contributed by atoms with Crippen molar-refractivity contribution in [3.8, 4) is 0 Å². The molecular formula is C59H65BN2OS. The first-order chi connectivity index (χ1) is 30.0. The monoisotopic (exact) mass is 860 g/mol. The Hall–Kier alpha value is -5.00. The number of fused-ring (bicyclic) bond motifs is 10. The Morgan fingerprint density at radius 2 is 1.38 bits per heavy atom. The number of furan rings is 1. The number of para-hydroxylation sites is 1. The molecule has 11 rings (SSSR count). The molecule has 0 radical (unpaired) electrons. The molecule has 4 aliphatic rings. The summed E-state index contributed by atoms with van der Waals surface area (Å²) >= 11 is 2.07. The van der Waals surface area contributed by atoms with Crippen molar-refractivity contribution in [2.24, 2.45) is 5.41 Å². The van der Waals surface area contributed by atoms with Crippen molar-refractivity contribution in [1.82, 2.24) is 0 Å². The molecule has 5 heteroatoms. The second kappa shape index (κ2) is 13.5. The van der Waals surface area contributed by atoms with Gasteiger partial charge in [0.25, 0.3) is 0 Å². The van der Waals surface area contributed by atoms with Gasteiger partial charge in [-0.2, -0.15) is 0 Å². The Labute approximate surface area is 386 Å². The Balaban J connectivity index is 1.26. The maximum absolute atomic E-state index is 6.92. The molecule has 0 fully saturated rings. The number of allylic oxidation sites excluding steroid dienone is 2. The number of aryl methyl sites for hydroxylation is 1. The minimum absolute atomic E-state index is 0.000215. The van der Waals surface area contributed by atoms with E-state index < -0.39 is 0 Å². The molecule has 5 aromatic carbocycles. The highest BCUT2D eigenvalue weighted by molar-refractivity contribution is 7.32. The molecule has 2 aliphatic heterocycles. The van der Waals surface area contributed by atoms with Crippen molar-refractivity contribution in [3.05, 3.63) is 137 Å². The molecular weight excluding hydrogens is 796 g/mol. The predicted molar refractivity (Wildman–Crippen MR) is 279 cm³/mol. The van der Waals surface area contributed by atoms with Crippen LogP contribution in [0.4, 0.5) is 28.4 Å². The van der Waals surface area contributed by atoms with Crippen LogP contribution in [-0.4, -0.2) is 12.8 Å². The zero-order valence-electron chi connectivity index (χ0n) is 40.7. The van der Waals surface area contributed by atoms with Gasteiger partial charge in [-0.15, -0.1) is 11.3 Å². The number of nitrogens with zero attached hydrogens (tertiary/aromatic N) is 2. The highest BCUT2D eigenvalue weighted by Gasteiger charge is 2.52. The molecule has 2 aliphatic carbocycles. The van der Waals surface area contributed by atoms with Gasteiger partial charge in [0.15, 0.2) is 0 Å². The molecule has 0 saturated carbocycles. The maximum atomic E-state index is 6.92. The first kappa shape index (κ1) is 41.7. The molecule has 64 heavy (non-hydrogen) atoms. The van der Waals surface area contributed by atoms with Crippen LogP contribution in [0.3, 0.4) is 0 Å². The number of hydrogen-bond acceptors (Lipinski definition) is 4. The topological polar surface area (TPSA) is 19.6 Å². The summed E-state index contributed by atoms with van der Waals surface area (Å²) in [7, 11) is 0.